The van der Waals surface area contributed by atoms with Crippen molar-refractivity contribution in [3.8, 4) is 0 Å². The molecule has 5 nitrogen and oxygen atoms in total. The molecule has 0 radical (unpaired) electrons. The second kappa shape index (κ2) is 24.9. The number of carboxylic acids is 1. The molecule has 0 aliphatic heterocycles. The number of carbonyl (C=O) groups is 2. The molecule has 0 aromatic heterocycles. The van der Waals surface area contributed by atoms with E-state index in [2.05, 4.69) is 19.2 Å². The zero-order valence-electron chi connectivity index (χ0n) is 17.9. The van der Waals surface area contributed by atoms with Crippen LogP contribution in [0.5, 0.6) is 0 Å². The Balaban J connectivity index is 0. The molecule has 0 aromatic rings. The molecule has 5 heteroatoms. The normalized spacial score (nSPS) is 10.2. The molecule has 0 heterocycles. The topological polar surface area (TPSA) is 86.6 Å². The lowest BCUT2D eigenvalue weighted by atomic mass is 10.1. The third-order valence-electron chi connectivity index (χ3n) is 4.44. The quantitative estimate of drug-likeness (QED) is 0.273. The smallest absolute Gasteiger partial charge is 0.303 e. The Hall–Kier alpha value is -1.10. The van der Waals surface area contributed by atoms with Gasteiger partial charge in [-0.15, -0.1) is 0 Å². The summed E-state index contributed by atoms with van der Waals surface area (Å²) < 4.78 is 0. The summed E-state index contributed by atoms with van der Waals surface area (Å²) in [6.07, 6.45) is 17.9. The number of aliphatic carboxylic acids is 1. The van der Waals surface area contributed by atoms with E-state index in [9.17, 15) is 9.59 Å². The Bertz CT molecular complexity index is 321. The van der Waals surface area contributed by atoms with Gasteiger partial charge in [0.2, 0.25) is 5.91 Å². The SMILES string of the molecule is CCCCCCCCCC(=O)NCCO.CCCCCCCCCC(=O)O. The maximum absolute atomic E-state index is 11.1. The van der Waals surface area contributed by atoms with Crippen molar-refractivity contribution >= 4 is 11.9 Å². The minimum atomic E-state index is -0.663. The highest BCUT2D eigenvalue weighted by molar-refractivity contribution is 5.75. The van der Waals surface area contributed by atoms with Crippen LogP contribution in [0.4, 0.5) is 0 Å². The fourth-order valence-electron chi connectivity index (χ4n) is 2.76. The number of carbonyl (C=O) groups excluding carboxylic acids is 1. The molecule has 0 saturated heterocycles. The predicted octanol–water partition coefficient (Wildman–Crippen LogP) is 5.45. The lowest BCUT2D eigenvalue weighted by Crippen LogP contribution is -2.25. The van der Waals surface area contributed by atoms with E-state index in [0.717, 1.165) is 25.7 Å². The van der Waals surface area contributed by atoms with Crippen molar-refractivity contribution in [2.45, 2.75) is 117 Å². The molecular weight excluding hydrogens is 342 g/mol. The molecular formula is C22H45NO4. The zero-order chi connectivity index (χ0) is 20.6. The molecule has 27 heavy (non-hydrogen) atoms. The number of aliphatic hydroxyl groups excluding tert-OH is 1. The van der Waals surface area contributed by atoms with Gasteiger partial charge < -0.3 is 15.5 Å². The van der Waals surface area contributed by atoms with Gasteiger partial charge in [0, 0.05) is 19.4 Å². The van der Waals surface area contributed by atoms with E-state index < -0.39 is 5.97 Å². The van der Waals surface area contributed by atoms with Gasteiger partial charge >= 0.3 is 5.97 Å². The van der Waals surface area contributed by atoms with Crippen LogP contribution >= 0.6 is 0 Å². The fraction of sp³-hybridized carbons (Fsp3) is 0.909. The van der Waals surface area contributed by atoms with Crippen LogP contribution in [-0.2, 0) is 9.59 Å². The molecule has 0 spiro atoms. The number of aliphatic hydroxyl groups is 1. The number of unbranched alkanes of at least 4 members (excludes halogenated alkanes) is 12. The Morgan fingerprint density at radius 3 is 1.48 bits per heavy atom. The summed E-state index contributed by atoms with van der Waals surface area (Å²) in [5.41, 5.74) is 0. The first-order chi connectivity index (χ1) is 13.1. The standard InChI is InChI=1S/C12H25NO2.C10H20O2/c1-2-3-4-5-6-7-8-9-12(15)13-10-11-14;1-2-3-4-5-6-7-8-9-10(11)12/h14H,2-11H2,1H3,(H,13,15);2-9H2,1H3,(H,11,12). The largest absolute Gasteiger partial charge is 0.481 e. The summed E-state index contributed by atoms with van der Waals surface area (Å²) >= 11 is 0. The second-order valence-electron chi connectivity index (χ2n) is 7.21. The molecule has 0 atom stereocenters. The van der Waals surface area contributed by atoms with Crippen molar-refractivity contribution in [2.75, 3.05) is 13.2 Å². The Labute approximate surface area is 167 Å². The highest BCUT2D eigenvalue weighted by Crippen LogP contribution is 2.08. The van der Waals surface area contributed by atoms with Crippen molar-refractivity contribution in [3.05, 3.63) is 0 Å². The fourth-order valence-corrected chi connectivity index (χ4v) is 2.76. The summed E-state index contributed by atoms with van der Waals surface area (Å²) in [4.78, 5) is 21.2. The number of hydrogen-bond donors (Lipinski definition) is 3. The van der Waals surface area contributed by atoms with E-state index in [0.29, 0.717) is 19.4 Å². The summed E-state index contributed by atoms with van der Waals surface area (Å²) in [6, 6.07) is 0. The van der Waals surface area contributed by atoms with Gasteiger partial charge in [-0.2, -0.15) is 0 Å². The Morgan fingerprint density at radius 1 is 0.667 bits per heavy atom. The van der Waals surface area contributed by atoms with E-state index in [1.54, 1.807) is 0 Å². The summed E-state index contributed by atoms with van der Waals surface area (Å²) in [5, 5.41) is 19.5. The highest BCUT2D eigenvalue weighted by Gasteiger charge is 1.99. The van der Waals surface area contributed by atoms with Gasteiger partial charge in [0.25, 0.3) is 0 Å². The number of amides is 1. The molecule has 162 valence electrons. The van der Waals surface area contributed by atoms with E-state index in [-0.39, 0.29) is 12.5 Å². The minimum absolute atomic E-state index is 0.0305. The summed E-state index contributed by atoms with van der Waals surface area (Å²) in [5.74, 6) is -0.596. The first-order valence-electron chi connectivity index (χ1n) is 11.2. The Morgan fingerprint density at radius 2 is 1.07 bits per heavy atom. The minimum Gasteiger partial charge on any atom is -0.481 e. The van der Waals surface area contributed by atoms with Gasteiger partial charge in [-0.3, -0.25) is 9.59 Å². The third-order valence-corrected chi connectivity index (χ3v) is 4.44. The molecule has 1 amide bonds. The van der Waals surface area contributed by atoms with Crippen LogP contribution in [0.2, 0.25) is 0 Å². The number of carboxylic acid groups (broad SMARTS) is 1. The zero-order valence-corrected chi connectivity index (χ0v) is 17.9. The number of hydrogen-bond acceptors (Lipinski definition) is 3. The molecule has 0 bridgehead atoms. The van der Waals surface area contributed by atoms with Crippen molar-refractivity contribution < 1.29 is 19.8 Å². The van der Waals surface area contributed by atoms with E-state index in [1.165, 1.54) is 64.2 Å². The molecule has 0 rings (SSSR count). The average Bonchev–Trinajstić information content (AvgIpc) is 2.65. The lowest BCUT2D eigenvalue weighted by molar-refractivity contribution is -0.137. The van der Waals surface area contributed by atoms with E-state index in [1.807, 2.05) is 0 Å². The van der Waals surface area contributed by atoms with Crippen LogP contribution in [0, 0.1) is 0 Å². The molecule has 0 aliphatic carbocycles. The lowest BCUT2D eigenvalue weighted by Gasteiger charge is -2.03. The molecule has 0 unspecified atom stereocenters. The molecule has 0 saturated carbocycles. The average molecular weight is 388 g/mol. The summed E-state index contributed by atoms with van der Waals surface area (Å²) in [7, 11) is 0. The van der Waals surface area contributed by atoms with Crippen molar-refractivity contribution in [3.63, 3.8) is 0 Å². The Kier molecular flexibility index (Phi) is 25.9. The van der Waals surface area contributed by atoms with Crippen molar-refractivity contribution in [1.29, 1.82) is 0 Å². The van der Waals surface area contributed by atoms with Gasteiger partial charge in [0.1, 0.15) is 0 Å². The van der Waals surface area contributed by atoms with Crippen LogP contribution in [-0.4, -0.2) is 35.2 Å². The highest BCUT2D eigenvalue weighted by atomic mass is 16.4. The van der Waals surface area contributed by atoms with E-state index >= 15 is 0 Å². The molecule has 0 aliphatic rings. The monoisotopic (exact) mass is 387 g/mol. The van der Waals surface area contributed by atoms with Gasteiger partial charge in [0.05, 0.1) is 6.61 Å². The number of rotatable bonds is 18. The molecule has 0 fully saturated rings. The van der Waals surface area contributed by atoms with Gasteiger partial charge in [-0.05, 0) is 12.8 Å². The second-order valence-corrected chi connectivity index (χ2v) is 7.21. The number of nitrogens with one attached hydrogen (secondary N) is 1. The third kappa shape index (κ3) is 29.9. The first kappa shape index (κ1) is 28.1. The molecule has 3 N–H and O–H groups in total. The van der Waals surface area contributed by atoms with Crippen LogP contribution in [0.25, 0.3) is 0 Å². The first-order valence-corrected chi connectivity index (χ1v) is 11.2. The van der Waals surface area contributed by atoms with Crippen LogP contribution in [0.1, 0.15) is 117 Å². The van der Waals surface area contributed by atoms with Crippen LogP contribution in [0.15, 0.2) is 0 Å². The molecule has 0 aromatic carbocycles. The van der Waals surface area contributed by atoms with E-state index in [4.69, 9.17) is 10.2 Å². The maximum atomic E-state index is 11.1. The van der Waals surface area contributed by atoms with Gasteiger partial charge in [0.15, 0.2) is 0 Å². The summed E-state index contributed by atoms with van der Waals surface area (Å²) in [6.45, 7) is 4.83. The van der Waals surface area contributed by atoms with Gasteiger partial charge in [-0.25, -0.2) is 0 Å². The van der Waals surface area contributed by atoms with Crippen molar-refractivity contribution in [1.82, 2.24) is 5.32 Å². The van der Waals surface area contributed by atoms with Crippen LogP contribution in [0.3, 0.4) is 0 Å². The van der Waals surface area contributed by atoms with Crippen molar-refractivity contribution in [2.24, 2.45) is 0 Å². The predicted molar refractivity (Wildman–Crippen MR) is 113 cm³/mol. The van der Waals surface area contributed by atoms with Gasteiger partial charge in [-0.1, -0.05) is 90.9 Å². The maximum Gasteiger partial charge on any atom is 0.303 e. The van der Waals surface area contributed by atoms with Crippen LogP contribution < -0.4 is 5.32 Å².